The van der Waals surface area contributed by atoms with Crippen LogP contribution < -0.4 is 0 Å². The lowest BCUT2D eigenvalue weighted by Gasteiger charge is -2.01. The highest BCUT2D eigenvalue weighted by Gasteiger charge is 2.05. The van der Waals surface area contributed by atoms with Gasteiger partial charge in [-0.2, -0.15) is 0 Å². The van der Waals surface area contributed by atoms with Crippen molar-refractivity contribution in [1.29, 1.82) is 0 Å². The highest BCUT2D eigenvalue weighted by Crippen LogP contribution is 2.24. The highest BCUT2D eigenvalue weighted by molar-refractivity contribution is 5.85. The molecule has 3 heteroatoms. The van der Waals surface area contributed by atoms with Crippen LogP contribution in [0.15, 0.2) is 48.5 Å². The van der Waals surface area contributed by atoms with Crippen LogP contribution in [0.1, 0.15) is 11.3 Å². The van der Waals surface area contributed by atoms with Crippen LogP contribution in [-0.4, -0.2) is 9.67 Å². The summed E-state index contributed by atoms with van der Waals surface area (Å²) < 4.78 is 15.7. The maximum absolute atomic E-state index is 13.6. The predicted molar refractivity (Wildman–Crippen MR) is 79.9 cm³/mol. The summed E-state index contributed by atoms with van der Waals surface area (Å²) >= 11 is 0. The molecule has 2 nitrogen and oxygen atoms in total. The van der Waals surface area contributed by atoms with Crippen LogP contribution in [0, 0.1) is 5.82 Å². The Morgan fingerprint density at radius 2 is 1.85 bits per heavy atom. The van der Waals surface area contributed by atoms with Gasteiger partial charge in [0.2, 0.25) is 0 Å². The normalized spacial score (nSPS) is 11.5. The topological polar surface area (TPSA) is 25.2 Å². The third-order valence-corrected chi connectivity index (χ3v) is 3.44. The number of aryl methyl sites for hydroxylation is 1. The molecule has 0 spiro atoms. The number of fused-ring (bicyclic) bond motifs is 1. The first-order chi connectivity index (χ1) is 9.66. The summed E-state index contributed by atoms with van der Waals surface area (Å²) in [6, 6.07) is 14.4. The second kappa shape index (κ2) is 4.85. The van der Waals surface area contributed by atoms with Gasteiger partial charge in [0.1, 0.15) is 11.6 Å². The van der Waals surface area contributed by atoms with Crippen LogP contribution in [0.25, 0.3) is 23.1 Å². The number of nitrogens with zero attached hydrogens (tertiary/aromatic N) is 1. The minimum Gasteiger partial charge on any atom is -0.507 e. The van der Waals surface area contributed by atoms with E-state index in [0.717, 1.165) is 16.6 Å². The molecule has 1 aromatic heterocycles. The molecule has 20 heavy (non-hydrogen) atoms. The van der Waals surface area contributed by atoms with E-state index in [1.165, 1.54) is 18.2 Å². The summed E-state index contributed by atoms with van der Waals surface area (Å²) in [5.74, 6) is -0.486. The van der Waals surface area contributed by atoms with Crippen molar-refractivity contribution in [3.05, 3.63) is 65.6 Å². The third-order valence-electron chi connectivity index (χ3n) is 3.44. The predicted octanol–water partition coefficient (Wildman–Crippen LogP) is 4.19. The third kappa shape index (κ3) is 2.07. The van der Waals surface area contributed by atoms with E-state index in [0.29, 0.717) is 0 Å². The Hall–Kier alpha value is -2.55. The molecule has 3 aromatic rings. The Morgan fingerprint density at radius 3 is 2.60 bits per heavy atom. The molecule has 0 saturated heterocycles. The Bertz CT molecular complexity index is 782. The first kappa shape index (κ1) is 12.5. The monoisotopic (exact) mass is 267 g/mol. The van der Waals surface area contributed by atoms with Gasteiger partial charge in [0.05, 0.1) is 5.56 Å². The summed E-state index contributed by atoms with van der Waals surface area (Å²) in [5.41, 5.74) is 2.27. The minimum atomic E-state index is -0.431. The molecule has 0 radical (unpaired) electrons. The van der Waals surface area contributed by atoms with E-state index in [2.05, 4.69) is 0 Å². The lowest BCUT2D eigenvalue weighted by Crippen LogP contribution is -1.89. The molecule has 0 aliphatic carbocycles. The van der Waals surface area contributed by atoms with E-state index in [1.54, 1.807) is 12.2 Å². The molecule has 0 aliphatic heterocycles. The number of para-hydroxylation sites is 1. The maximum Gasteiger partial charge on any atom is 0.134 e. The van der Waals surface area contributed by atoms with Gasteiger partial charge in [-0.3, -0.25) is 0 Å². The Labute approximate surface area is 116 Å². The molecular formula is C17H14FNO. The minimum absolute atomic E-state index is 0.0555. The van der Waals surface area contributed by atoms with E-state index in [4.69, 9.17) is 0 Å². The zero-order valence-electron chi connectivity index (χ0n) is 11.0. The molecule has 3 rings (SSSR count). The number of phenolic OH excluding ortho intramolecular Hbond substituents is 1. The van der Waals surface area contributed by atoms with Crippen LogP contribution in [0.2, 0.25) is 0 Å². The fourth-order valence-electron chi connectivity index (χ4n) is 2.33. The van der Waals surface area contributed by atoms with Crippen LogP contribution in [-0.2, 0) is 7.05 Å². The van der Waals surface area contributed by atoms with Crippen molar-refractivity contribution < 1.29 is 9.50 Å². The number of aromatic hydroxyl groups is 1. The molecule has 0 saturated carbocycles. The first-order valence-corrected chi connectivity index (χ1v) is 6.37. The van der Waals surface area contributed by atoms with Crippen molar-refractivity contribution in [3.63, 3.8) is 0 Å². The summed E-state index contributed by atoms with van der Waals surface area (Å²) in [7, 11) is 1.96. The zero-order valence-corrected chi connectivity index (χ0v) is 11.0. The molecule has 0 amide bonds. The summed E-state index contributed by atoms with van der Waals surface area (Å²) in [6.07, 6.45) is 3.40. The molecular weight excluding hydrogens is 253 g/mol. The van der Waals surface area contributed by atoms with E-state index < -0.39 is 5.82 Å². The van der Waals surface area contributed by atoms with Gasteiger partial charge in [-0.25, -0.2) is 4.39 Å². The molecule has 0 fully saturated rings. The van der Waals surface area contributed by atoms with E-state index >= 15 is 0 Å². The number of rotatable bonds is 2. The lowest BCUT2D eigenvalue weighted by atomic mass is 10.1. The SMILES string of the molecule is Cn1c(C=Cc2c(O)cccc2F)cc2ccccc21. The number of aromatic nitrogens is 1. The molecule has 100 valence electrons. The molecule has 1 heterocycles. The number of phenols is 1. The molecule has 2 aromatic carbocycles. The molecule has 0 bridgehead atoms. The summed E-state index contributed by atoms with van der Waals surface area (Å²) in [6.45, 7) is 0. The second-order valence-corrected chi connectivity index (χ2v) is 4.69. The second-order valence-electron chi connectivity index (χ2n) is 4.69. The quantitative estimate of drug-likeness (QED) is 0.739. The maximum atomic E-state index is 13.6. The van der Waals surface area contributed by atoms with Crippen molar-refractivity contribution in [3.8, 4) is 5.75 Å². The number of hydrogen-bond donors (Lipinski definition) is 1. The van der Waals surface area contributed by atoms with Gasteiger partial charge in [0, 0.05) is 23.6 Å². The fraction of sp³-hybridized carbons (Fsp3) is 0.0588. The largest absolute Gasteiger partial charge is 0.507 e. The average molecular weight is 267 g/mol. The average Bonchev–Trinajstić information content (AvgIpc) is 2.76. The van der Waals surface area contributed by atoms with Gasteiger partial charge in [-0.05, 0) is 36.4 Å². The van der Waals surface area contributed by atoms with Crippen molar-refractivity contribution in [1.82, 2.24) is 4.57 Å². The number of halogens is 1. The molecule has 0 aliphatic rings. The van der Waals surface area contributed by atoms with Crippen molar-refractivity contribution in [2.24, 2.45) is 7.05 Å². The van der Waals surface area contributed by atoms with Gasteiger partial charge >= 0.3 is 0 Å². The summed E-state index contributed by atoms with van der Waals surface area (Å²) in [4.78, 5) is 0. The van der Waals surface area contributed by atoms with Crippen molar-refractivity contribution in [2.75, 3.05) is 0 Å². The standard InChI is InChI=1S/C17H14FNO/c1-19-13(11-12-5-2-3-7-16(12)19)9-10-14-15(18)6-4-8-17(14)20/h2-11,20H,1H3. The van der Waals surface area contributed by atoms with Crippen LogP contribution in [0.5, 0.6) is 5.75 Å². The smallest absolute Gasteiger partial charge is 0.134 e. The van der Waals surface area contributed by atoms with Gasteiger partial charge in [-0.15, -0.1) is 0 Å². The van der Waals surface area contributed by atoms with Crippen molar-refractivity contribution in [2.45, 2.75) is 0 Å². The summed E-state index contributed by atoms with van der Waals surface area (Å²) in [5, 5.41) is 10.8. The van der Waals surface area contributed by atoms with Crippen LogP contribution in [0.4, 0.5) is 4.39 Å². The van der Waals surface area contributed by atoms with Gasteiger partial charge in [-0.1, -0.05) is 24.3 Å². The Kier molecular flexibility index (Phi) is 3.03. The van der Waals surface area contributed by atoms with E-state index in [1.807, 2.05) is 41.9 Å². The van der Waals surface area contributed by atoms with Crippen molar-refractivity contribution >= 4 is 23.1 Å². The van der Waals surface area contributed by atoms with E-state index in [-0.39, 0.29) is 11.3 Å². The Balaban J connectivity index is 2.05. The van der Waals surface area contributed by atoms with E-state index in [9.17, 15) is 9.50 Å². The van der Waals surface area contributed by atoms with Gasteiger partial charge in [0.25, 0.3) is 0 Å². The molecule has 1 N–H and O–H groups in total. The molecule has 0 atom stereocenters. The van der Waals surface area contributed by atoms with Gasteiger partial charge in [0.15, 0.2) is 0 Å². The van der Waals surface area contributed by atoms with Crippen LogP contribution >= 0.6 is 0 Å². The number of hydrogen-bond acceptors (Lipinski definition) is 1. The first-order valence-electron chi connectivity index (χ1n) is 6.37. The lowest BCUT2D eigenvalue weighted by molar-refractivity contribution is 0.467. The van der Waals surface area contributed by atoms with Gasteiger partial charge < -0.3 is 9.67 Å². The fourth-order valence-corrected chi connectivity index (χ4v) is 2.33. The molecule has 0 unspecified atom stereocenters. The zero-order chi connectivity index (χ0) is 14.1. The highest BCUT2D eigenvalue weighted by atomic mass is 19.1. The Morgan fingerprint density at radius 1 is 1.05 bits per heavy atom. The van der Waals surface area contributed by atoms with Crippen LogP contribution in [0.3, 0.4) is 0 Å². The number of benzene rings is 2.